The lowest BCUT2D eigenvalue weighted by Gasteiger charge is -2.11. The molecule has 2 N–H and O–H groups in total. The number of hydrogen-bond acceptors (Lipinski definition) is 2. The lowest BCUT2D eigenvalue weighted by atomic mass is 9.93. The molecule has 6 rings (SSSR count). The van der Waals surface area contributed by atoms with Crippen molar-refractivity contribution in [3.63, 3.8) is 0 Å². The minimum absolute atomic E-state index is 0.322. The van der Waals surface area contributed by atoms with Gasteiger partial charge in [0, 0.05) is 50.5 Å². The average Bonchev–Trinajstić information content (AvgIpc) is 3.37. The molecule has 0 bridgehead atoms. The number of H-pyrrole nitrogens is 1. The number of alkyl halides is 1. The lowest BCUT2D eigenvalue weighted by Crippen LogP contribution is -2.20. The smallest absolute Gasteiger partial charge is 0.259 e. The normalized spacial score (nSPS) is 13.9. The predicted octanol–water partition coefficient (Wildman–Crippen LogP) is 4.71. The Morgan fingerprint density at radius 1 is 0.893 bits per heavy atom. The number of aryl methyl sites for hydroxylation is 1. The fraction of sp³-hybridized carbons (Fsp3) is 0.0909. The summed E-state index contributed by atoms with van der Waals surface area (Å²) in [6.07, 6.45) is 1.86. The van der Waals surface area contributed by atoms with Crippen molar-refractivity contribution in [3.8, 4) is 0 Å². The number of aromatic nitrogens is 2. The minimum atomic E-state index is -0.327. The molecule has 2 amide bonds. The number of para-hydroxylation sites is 1. The third-order valence-corrected chi connectivity index (χ3v) is 6.05. The zero-order chi connectivity index (χ0) is 19.0. The summed E-state index contributed by atoms with van der Waals surface area (Å²) in [5, 5.41) is 7.96. The van der Waals surface area contributed by atoms with Crippen LogP contribution in [-0.2, 0) is 6.54 Å². The van der Waals surface area contributed by atoms with E-state index in [1.165, 1.54) is 0 Å². The van der Waals surface area contributed by atoms with E-state index in [1.54, 1.807) is 0 Å². The number of halogens is 1. The number of rotatable bonds is 2. The quantitative estimate of drug-likeness (QED) is 0.314. The maximum absolute atomic E-state index is 12.9. The fourth-order valence-corrected chi connectivity index (χ4v) is 5.03. The van der Waals surface area contributed by atoms with Gasteiger partial charge in [0.25, 0.3) is 11.8 Å². The van der Waals surface area contributed by atoms with Crippen molar-refractivity contribution in [2.45, 2.75) is 6.54 Å². The molecule has 5 nitrogen and oxygen atoms in total. The second-order valence-corrected chi connectivity index (χ2v) is 7.84. The second kappa shape index (κ2) is 5.45. The fourth-order valence-electron chi connectivity index (χ4n) is 4.67. The van der Waals surface area contributed by atoms with Crippen LogP contribution in [0.3, 0.4) is 0 Å². The van der Waals surface area contributed by atoms with Crippen LogP contribution in [0, 0.1) is 0 Å². The summed E-state index contributed by atoms with van der Waals surface area (Å²) in [5.41, 5.74) is 3.90. The molecule has 136 valence electrons. The van der Waals surface area contributed by atoms with Crippen molar-refractivity contribution in [2.24, 2.45) is 0 Å². The molecule has 0 spiro atoms. The summed E-state index contributed by atoms with van der Waals surface area (Å²) in [6.45, 7) is 0.760. The van der Waals surface area contributed by atoms with E-state index in [4.69, 9.17) is 0 Å². The number of amides is 2. The van der Waals surface area contributed by atoms with E-state index in [0.29, 0.717) is 11.1 Å². The molecule has 0 saturated carbocycles. The maximum atomic E-state index is 12.9. The monoisotopic (exact) mass is 431 g/mol. The van der Waals surface area contributed by atoms with Gasteiger partial charge < -0.3 is 9.55 Å². The van der Waals surface area contributed by atoms with Gasteiger partial charge in [-0.2, -0.15) is 0 Å². The number of carbonyl (C=O) groups excluding carboxylic acids is 2. The molecule has 2 aromatic heterocycles. The number of benzene rings is 3. The van der Waals surface area contributed by atoms with Gasteiger partial charge in [0.2, 0.25) is 0 Å². The van der Waals surface area contributed by atoms with Gasteiger partial charge >= 0.3 is 0 Å². The first-order valence-electron chi connectivity index (χ1n) is 9.09. The van der Waals surface area contributed by atoms with Gasteiger partial charge in [-0.05, 0) is 12.1 Å². The van der Waals surface area contributed by atoms with Gasteiger partial charge in [0.15, 0.2) is 0 Å². The zero-order valence-electron chi connectivity index (χ0n) is 14.7. The molecule has 6 heteroatoms. The van der Waals surface area contributed by atoms with Crippen molar-refractivity contribution in [1.82, 2.24) is 14.9 Å². The van der Waals surface area contributed by atoms with E-state index in [-0.39, 0.29) is 11.8 Å². The predicted molar refractivity (Wildman–Crippen MR) is 114 cm³/mol. The Balaban J connectivity index is 2.02. The molecule has 0 unspecified atom stereocenters. The summed E-state index contributed by atoms with van der Waals surface area (Å²) >= 11 is 3.56. The van der Waals surface area contributed by atoms with Gasteiger partial charge in [0.1, 0.15) is 0 Å². The molecule has 3 heterocycles. The molecule has 0 aliphatic carbocycles. The first kappa shape index (κ1) is 15.9. The Bertz CT molecular complexity index is 1490. The topological polar surface area (TPSA) is 66.9 Å². The maximum Gasteiger partial charge on any atom is 0.259 e. The van der Waals surface area contributed by atoms with E-state index in [1.807, 2.05) is 30.5 Å². The van der Waals surface area contributed by atoms with Crippen LogP contribution in [0.15, 0.2) is 48.7 Å². The zero-order valence-corrected chi connectivity index (χ0v) is 16.3. The molecule has 0 fully saturated rings. The Morgan fingerprint density at radius 3 is 2.50 bits per heavy atom. The number of hydrogen-bond donors (Lipinski definition) is 2. The van der Waals surface area contributed by atoms with Crippen LogP contribution < -0.4 is 5.32 Å². The van der Waals surface area contributed by atoms with Gasteiger partial charge in [-0.25, -0.2) is 0 Å². The average molecular weight is 432 g/mol. The first-order valence-corrected chi connectivity index (χ1v) is 10.2. The Hall–Kier alpha value is -3.12. The highest BCUT2D eigenvalue weighted by atomic mass is 79.9. The molecule has 0 atom stereocenters. The molecular weight excluding hydrogens is 418 g/mol. The van der Waals surface area contributed by atoms with Crippen LogP contribution in [0.1, 0.15) is 20.7 Å². The van der Waals surface area contributed by atoms with Crippen LogP contribution in [0.2, 0.25) is 0 Å². The van der Waals surface area contributed by atoms with Gasteiger partial charge in [-0.3, -0.25) is 14.9 Å². The number of carbonyl (C=O) groups is 2. The molecule has 1 aliphatic heterocycles. The van der Waals surface area contributed by atoms with Gasteiger partial charge in [-0.1, -0.05) is 46.3 Å². The summed E-state index contributed by atoms with van der Waals surface area (Å²) in [4.78, 5) is 28.9. The molecule has 3 aromatic carbocycles. The third-order valence-electron chi connectivity index (χ3n) is 5.69. The van der Waals surface area contributed by atoms with E-state index in [2.05, 4.69) is 49.0 Å². The standard InChI is InChI=1S/C22H14BrN3O2/c23-8-10-26-14-4-2-1-3-12(14)16-18-17(21(27)25-22(18)28)15-13(20(16)26)6-5-11-7-9-24-19(11)15/h1-7,9,24H,8,10H2,(H,25,27,28). The van der Waals surface area contributed by atoms with Crippen molar-refractivity contribution in [3.05, 3.63) is 59.8 Å². The number of nitrogens with zero attached hydrogens (tertiary/aromatic N) is 1. The number of aromatic amines is 1. The molecular formula is C22H14BrN3O2. The summed E-state index contributed by atoms with van der Waals surface area (Å²) in [5.74, 6) is -0.650. The summed E-state index contributed by atoms with van der Waals surface area (Å²) in [7, 11) is 0. The highest BCUT2D eigenvalue weighted by Crippen LogP contribution is 2.43. The van der Waals surface area contributed by atoms with Gasteiger partial charge in [0.05, 0.1) is 22.2 Å². The third kappa shape index (κ3) is 1.81. The van der Waals surface area contributed by atoms with Crippen molar-refractivity contribution < 1.29 is 9.59 Å². The summed E-state index contributed by atoms with van der Waals surface area (Å²) < 4.78 is 2.24. The number of nitrogens with one attached hydrogen (secondary N) is 2. The van der Waals surface area contributed by atoms with Crippen molar-refractivity contribution in [1.29, 1.82) is 0 Å². The highest BCUT2D eigenvalue weighted by molar-refractivity contribution is 9.09. The van der Waals surface area contributed by atoms with Crippen molar-refractivity contribution in [2.75, 3.05) is 5.33 Å². The number of fused-ring (bicyclic) bond motifs is 10. The van der Waals surface area contributed by atoms with E-state index in [9.17, 15) is 9.59 Å². The van der Waals surface area contributed by atoms with Gasteiger partial charge in [-0.15, -0.1) is 0 Å². The van der Waals surface area contributed by atoms with E-state index < -0.39 is 0 Å². The van der Waals surface area contributed by atoms with Crippen LogP contribution in [0.4, 0.5) is 0 Å². The Labute approximate surface area is 167 Å². The molecule has 0 saturated heterocycles. The molecule has 28 heavy (non-hydrogen) atoms. The second-order valence-electron chi connectivity index (χ2n) is 7.04. The van der Waals surface area contributed by atoms with Crippen LogP contribution >= 0.6 is 15.9 Å². The number of imide groups is 1. The van der Waals surface area contributed by atoms with E-state index >= 15 is 0 Å². The largest absolute Gasteiger partial charge is 0.361 e. The SMILES string of the molecule is O=C1NC(=O)c2c1c1c(ccc3cc[nH]c31)c1c2c2ccccc2n1CCBr. The highest BCUT2D eigenvalue weighted by Gasteiger charge is 2.34. The Kier molecular flexibility index (Phi) is 3.09. The van der Waals surface area contributed by atoms with Crippen LogP contribution in [-0.4, -0.2) is 26.7 Å². The summed E-state index contributed by atoms with van der Waals surface area (Å²) in [6, 6.07) is 14.2. The Morgan fingerprint density at radius 2 is 1.68 bits per heavy atom. The van der Waals surface area contributed by atoms with E-state index in [0.717, 1.165) is 55.4 Å². The van der Waals surface area contributed by atoms with Crippen molar-refractivity contribution >= 4 is 71.2 Å². The van der Waals surface area contributed by atoms with Crippen LogP contribution in [0.5, 0.6) is 0 Å². The first-order chi connectivity index (χ1) is 13.7. The van der Waals surface area contributed by atoms with Crippen LogP contribution in [0.25, 0.3) is 43.5 Å². The molecule has 5 aromatic rings. The molecule has 1 aliphatic rings. The lowest BCUT2D eigenvalue weighted by molar-refractivity contribution is 0.0880. The molecule has 0 radical (unpaired) electrons. The minimum Gasteiger partial charge on any atom is -0.361 e.